The molecule has 4 heteroatoms. The van der Waals surface area contributed by atoms with E-state index in [4.69, 9.17) is 11.6 Å². The van der Waals surface area contributed by atoms with Gasteiger partial charge < -0.3 is 10.2 Å². The van der Waals surface area contributed by atoms with Gasteiger partial charge in [0, 0.05) is 42.6 Å². The average molecular weight is 287 g/mol. The molecule has 0 bridgehead atoms. The largest absolute Gasteiger partial charge is 0.374 e. The second-order valence-electron chi connectivity index (χ2n) is 4.72. The fourth-order valence-corrected chi connectivity index (χ4v) is 2.38. The summed E-state index contributed by atoms with van der Waals surface area (Å²) in [5, 5.41) is 4.25. The van der Waals surface area contributed by atoms with Crippen LogP contribution in [-0.4, -0.2) is 31.6 Å². The van der Waals surface area contributed by atoms with Gasteiger partial charge in [0.15, 0.2) is 0 Å². The average Bonchev–Trinajstić information content (AvgIpc) is 2.33. The van der Waals surface area contributed by atoms with Crippen molar-refractivity contribution < 1.29 is 0 Å². The zero-order valence-corrected chi connectivity index (χ0v) is 13.2. The van der Waals surface area contributed by atoms with Crippen molar-refractivity contribution in [2.45, 2.75) is 26.4 Å². The molecule has 1 aromatic carbocycles. The monoisotopic (exact) mass is 286 g/mol. The van der Waals surface area contributed by atoms with Crippen molar-refractivity contribution in [2.75, 3.05) is 30.5 Å². The number of hydrogen-bond donors (Lipinski definition) is 1. The summed E-state index contributed by atoms with van der Waals surface area (Å²) in [5.41, 5.74) is 2.53. The third-order valence-electron chi connectivity index (χ3n) is 2.78. The lowest BCUT2D eigenvalue weighted by atomic mass is 10.1. The Kier molecular flexibility index (Phi) is 6.90. The molecule has 0 aromatic heterocycles. The molecule has 18 heavy (non-hydrogen) atoms. The van der Waals surface area contributed by atoms with Gasteiger partial charge in [0.05, 0.1) is 0 Å². The highest BCUT2D eigenvalue weighted by molar-refractivity contribution is 7.98. The number of nitrogens with one attached hydrogen (secondary N) is 1. The van der Waals surface area contributed by atoms with E-state index in [0.717, 1.165) is 23.9 Å². The van der Waals surface area contributed by atoms with Crippen LogP contribution in [0.4, 0.5) is 5.69 Å². The van der Waals surface area contributed by atoms with Gasteiger partial charge in [-0.15, -0.1) is 0 Å². The van der Waals surface area contributed by atoms with E-state index in [-0.39, 0.29) is 0 Å². The van der Waals surface area contributed by atoms with E-state index < -0.39 is 0 Å². The van der Waals surface area contributed by atoms with E-state index in [2.05, 4.69) is 49.5 Å². The van der Waals surface area contributed by atoms with Gasteiger partial charge in [0.1, 0.15) is 0 Å². The SMILES string of the molecule is CSCCN(C)c1ccc(Cl)cc1CNC(C)C. The van der Waals surface area contributed by atoms with E-state index in [1.165, 1.54) is 11.3 Å². The number of nitrogens with zero attached hydrogens (tertiary/aromatic N) is 1. The third kappa shape index (κ3) is 5.09. The minimum absolute atomic E-state index is 0.480. The molecule has 2 nitrogen and oxygen atoms in total. The number of hydrogen-bond acceptors (Lipinski definition) is 3. The molecular formula is C14H23ClN2S. The summed E-state index contributed by atoms with van der Waals surface area (Å²) >= 11 is 7.96. The standard InChI is InChI=1S/C14H23ClN2S/c1-11(2)16-10-12-9-13(15)5-6-14(12)17(3)7-8-18-4/h5-6,9,11,16H,7-8,10H2,1-4H3. The van der Waals surface area contributed by atoms with Crippen molar-refractivity contribution in [1.29, 1.82) is 0 Å². The maximum absolute atomic E-state index is 6.09. The van der Waals surface area contributed by atoms with Crippen LogP contribution in [0.15, 0.2) is 18.2 Å². The molecule has 0 aliphatic heterocycles. The number of anilines is 1. The van der Waals surface area contributed by atoms with Crippen LogP contribution in [0, 0.1) is 0 Å². The Bertz CT molecular complexity index is 369. The predicted molar refractivity (Wildman–Crippen MR) is 85.1 cm³/mol. The molecular weight excluding hydrogens is 264 g/mol. The van der Waals surface area contributed by atoms with Crippen LogP contribution in [0.2, 0.25) is 5.02 Å². The molecule has 1 rings (SSSR count). The summed E-state index contributed by atoms with van der Waals surface area (Å²) in [6.45, 7) is 6.22. The number of thioether (sulfide) groups is 1. The maximum atomic E-state index is 6.09. The topological polar surface area (TPSA) is 15.3 Å². The van der Waals surface area contributed by atoms with Gasteiger partial charge in [-0.25, -0.2) is 0 Å². The lowest BCUT2D eigenvalue weighted by Crippen LogP contribution is -2.26. The smallest absolute Gasteiger partial charge is 0.0410 e. The van der Waals surface area contributed by atoms with Crippen LogP contribution in [0.3, 0.4) is 0 Å². The molecule has 1 aromatic rings. The highest BCUT2D eigenvalue weighted by Crippen LogP contribution is 2.23. The molecule has 0 radical (unpaired) electrons. The van der Waals surface area contributed by atoms with Gasteiger partial charge in [-0.2, -0.15) is 11.8 Å². The fourth-order valence-electron chi connectivity index (χ4n) is 1.73. The lowest BCUT2D eigenvalue weighted by molar-refractivity contribution is 0.588. The molecule has 1 N–H and O–H groups in total. The normalized spacial score (nSPS) is 11.0. The predicted octanol–water partition coefficient (Wildman–Crippen LogP) is 3.64. The van der Waals surface area contributed by atoms with E-state index in [1.54, 1.807) is 0 Å². The van der Waals surface area contributed by atoms with Crippen molar-refractivity contribution in [1.82, 2.24) is 5.32 Å². The third-order valence-corrected chi connectivity index (χ3v) is 3.61. The van der Waals surface area contributed by atoms with Crippen molar-refractivity contribution in [2.24, 2.45) is 0 Å². The summed E-state index contributed by atoms with van der Waals surface area (Å²) in [7, 11) is 2.14. The van der Waals surface area contributed by atoms with Gasteiger partial charge in [-0.1, -0.05) is 25.4 Å². The van der Waals surface area contributed by atoms with Crippen molar-refractivity contribution in [3.63, 3.8) is 0 Å². The minimum Gasteiger partial charge on any atom is -0.374 e. The quantitative estimate of drug-likeness (QED) is 0.824. The fraction of sp³-hybridized carbons (Fsp3) is 0.571. The number of halogens is 1. The molecule has 0 aliphatic carbocycles. The van der Waals surface area contributed by atoms with Gasteiger partial charge in [-0.05, 0) is 30.0 Å². The van der Waals surface area contributed by atoms with Crippen molar-refractivity contribution in [3.05, 3.63) is 28.8 Å². The molecule has 0 fully saturated rings. The second-order valence-corrected chi connectivity index (χ2v) is 6.15. The van der Waals surface area contributed by atoms with Gasteiger partial charge in [0.2, 0.25) is 0 Å². The van der Waals surface area contributed by atoms with Crippen molar-refractivity contribution >= 4 is 29.1 Å². The minimum atomic E-state index is 0.480. The molecule has 0 atom stereocenters. The first-order valence-electron chi connectivity index (χ1n) is 6.26. The van der Waals surface area contributed by atoms with Gasteiger partial charge >= 0.3 is 0 Å². The Hall–Kier alpha value is -0.380. The second kappa shape index (κ2) is 7.93. The Balaban J connectivity index is 2.81. The van der Waals surface area contributed by atoms with E-state index in [0.29, 0.717) is 6.04 Å². The Morgan fingerprint density at radius 3 is 2.72 bits per heavy atom. The van der Waals surface area contributed by atoms with E-state index in [1.807, 2.05) is 17.8 Å². The van der Waals surface area contributed by atoms with Crippen molar-refractivity contribution in [3.8, 4) is 0 Å². The van der Waals surface area contributed by atoms with Crippen LogP contribution < -0.4 is 10.2 Å². The van der Waals surface area contributed by atoms with E-state index >= 15 is 0 Å². The Morgan fingerprint density at radius 2 is 2.11 bits per heavy atom. The van der Waals surface area contributed by atoms with Gasteiger partial charge in [0.25, 0.3) is 0 Å². The van der Waals surface area contributed by atoms with Crippen LogP contribution in [0.5, 0.6) is 0 Å². The number of rotatable bonds is 7. The first-order chi connectivity index (χ1) is 8.54. The van der Waals surface area contributed by atoms with E-state index in [9.17, 15) is 0 Å². The highest BCUT2D eigenvalue weighted by atomic mass is 35.5. The summed E-state index contributed by atoms with van der Waals surface area (Å²) < 4.78 is 0. The molecule has 0 spiro atoms. The summed E-state index contributed by atoms with van der Waals surface area (Å²) in [4.78, 5) is 2.30. The van der Waals surface area contributed by atoms with Crippen LogP contribution in [-0.2, 0) is 6.54 Å². The first kappa shape index (κ1) is 15.7. The zero-order chi connectivity index (χ0) is 13.5. The summed E-state index contributed by atoms with van der Waals surface area (Å²) in [6, 6.07) is 6.61. The summed E-state index contributed by atoms with van der Waals surface area (Å²) in [5.74, 6) is 1.14. The maximum Gasteiger partial charge on any atom is 0.0410 e. The van der Waals surface area contributed by atoms with Crippen LogP contribution in [0.1, 0.15) is 19.4 Å². The Labute approximate surface area is 120 Å². The molecule has 0 amide bonds. The molecule has 0 saturated carbocycles. The van der Waals surface area contributed by atoms with Crippen LogP contribution >= 0.6 is 23.4 Å². The molecule has 102 valence electrons. The molecule has 0 unspecified atom stereocenters. The summed E-state index contributed by atoms with van der Waals surface area (Å²) in [6.07, 6.45) is 2.14. The zero-order valence-electron chi connectivity index (χ0n) is 11.7. The number of benzene rings is 1. The van der Waals surface area contributed by atoms with Gasteiger partial charge in [-0.3, -0.25) is 0 Å². The first-order valence-corrected chi connectivity index (χ1v) is 8.03. The highest BCUT2D eigenvalue weighted by Gasteiger charge is 2.08. The molecule has 0 heterocycles. The molecule has 0 saturated heterocycles. The van der Waals surface area contributed by atoms with Crippen LogP contribution in [0.25, 0.3) is 0 Å². The molecule has 0 aliphatic rings. The Morgan fingerprint density at radius 1 is 1.39 bits per heavy atom. The lowest BCUT2D eigenvalue weighted by Gasteiger charge is -2.23.